The lowest BCUT2D eigenvalue weighted by Crippen LogP contribution is -2.45. The Morgan fingerprint density at radius 1 is 1.45 bits per heavy atom. The van der Waals surface area contributed by atoms with Crippen molar-refractivity contribution in [2.24, 2.45) is 5.16 Å². The molecule has 8 heteroatoms. The number of aliphatic hydroxyl groups is 1. The van der Waals surface area contributed by atoms with E-state index < -0.39 is 29.7 Å². The van der Waals surface area contributed by atoms with Gasteiger partial charge in [-0.2, -0.15) is 0 Å². The molecule has 2 unspecified atom stereocenters. The van der Waals surface area contributed by atoms with Gasteiger partial charge in [-0.15, -0.1) is 0 Å². The van der Waals surface area contributed by atoms with Crippen molar-refractivity contribution in [1.29, 1.82) is 0 Å². The van der Waals surface area contributed by atoms with Crippen LogP contribution < -0.4 is 0 Å². The first-order valence-electron chi connectivity index (χ1n) is 5.64. The Balaban J connectivity index is 2.27. The first kappa shape index (κ1) is 14.2. The van der Waals surface area contributed by atoms with Crippen LogP contribution >= 0.6 is 0 Å². The van der Waals surface area contributed by atoms with Gasteiger partial charge < -0.3 is 19.8 Å². The van der Waals surface area contributed by atoms with Gasteiger partial charge in [0.25, 0.3) is 0 Å². The van der Waals surface area contributed by atoms with E-state index in [2.05, 4.69) is 9.89 Å². The Hall–Kier alpha value is -2.22. The maximum absolute atomic E-state index is 13.1. The molecule has 1 heterocycles. The molecule has 0 aromatic heterocycles. The number of hydrogen-bond acceptors (Lipinski definition) is 5. The zero-order valence-corrected chi connectivity index (χ0v) is 10.3. The Kier molecular flexibility index (Phi) is 3.58. The van der Waals surface area contributed by atoms with Crippen molar-refractivity contribution >= 4 is 11.9 Å². The minimum absolute atomic E-state index is 0.0746. The quantitative estimate of drug-likeness (QED) is 0.828. The average molecular weight is 287 g/mol. The molecule has 1 aromatic rings. The topological polar surface area (TPSA) is 88.4 Å². The number of nitrogens with zero attached hydrogens (tertiary/aromatic N) is 1. The zero-order chi connectivity index (χ0) is 14.9. The molecule has 6 nitrogen and oxygen atoms in total. The number of rotatable bonds is 3. The predicted octanol–water partition coefficient (Wildman–Crippen LogP) is 1.86. The van der Waals surface area contributed by atoms with Gasteiger partial charge in [-0.3, -0.25) is 0 Å². The highest BCUT2D eigenvalue weighted by Gasteiger charge is 2.48. The van der Waals surface area contributed by atoms with Crippen molar-refractivity contribution in [1.82, 2.24) is 0 Å². The molecule has 2 N–H and O–H groups in total. The number of oxime groups is 1. The zero-order valence-electron chi connectivity index (χ0n) is 10.3. The summed E-state index contributed by atoms with van der Waals surface area (Å²) < 4.78 is 30.8. The molecular weight excluding hydrogens is 276 g/mol. The van der Waals surface area contributed by atoms with E-state index in [0.29, 0.717) is 6.07 Å². The van der Waals surface area contributed by atoms with E-state index >= 15 is 0 Å². The Labute approximate surface area is 112 Å². The Morgan fingerprint density at radius 3 is 2.55 bits per heavy atom. The molecule has 0 spiro atoms. The summed E-state index contributed by atoms with van der Waals surface area (Å²) in [6.45, 7) is 1.26. The van der Waals surface area contributed by atoms with Crippen molar-refractivity contribution in [2.75, 3.05) is 0 Å². The second-order valence-electron chi connectivity index (χ2n) is 4.32. The van der Waals surface area contributed by atoms with Gasteiger partial charge in [0.2, 0.25) is 0 Å². The summed E-state index contributed by atoms with van der Waals surface area (Å²) in [6.07, 6.45) is -3.24. The van der Waals surface area contributed by atoms with Crippen molar-refractivity contribution in [3.63, 3.8) is 0 Å². The monoisotopic (exact) mass is 287 g/mol. The summed E-state index contributed by atoms with van der Waals surface area (Å²) in [6, 6.07) is 2.73. The number of benzene rings is 1. The van der Waals surface area contributed by atoms with E-state index in [1.807, 2.05) is 0 Å². The molecule has 20 heavy (non-hydrogen) atoms. The van der Waals surface area contributed by atoms with E-state index in [1.165, 1.54) is 6.92 Å². The SMILES string of the molecule is CC(O)C1(OC(=O)O)CC(c2cc(F)cc(F)c2)=NO1. The number of aliphatic hydroxyl groups excluding tert-OH is 1. The molecular formula is C12H11F2NO5. The van der Waals surface area contributed by atoms with Crippen LogP contribution in [-0.4, -0.2) is 34.0 Å². The molecule has 108 valence electrons. The number of carbonyl (C=O) groups is 1. The van der Waals surface area contributed by atoms with Gasteiger partial charge in [0.05, 0.1) is 12.1 Å². The third kappa shape index (κ3) is 2.69. The fourth-order valence-electron chi connectivity index (χ4n) is 1.82. The van der Waals surface area contributed by atoms with Crippen LogP contribution in [0.15, 0.2) is 23.4 Å². The molecule has 0 saturated heterocycles. The van der Waals surface area contributed by atoms with Gasteiger partial charge in [0.15, 0.2) is 0 Å². The smallest absolute Gasteiger partial charge is 0.450 e. The lowest BCUT2D eigenvalue weighted by atomic mass is 9.99. The van der Waals surface area contributed by atoms with Crippen LogP contribution in [0.25, 0.3) is 0 Å². The van der Waals surface area contributed by atoms with Gasteiger partial charge in [-0.25, -0.2) is 13.6 Å². The fourth-order valence-corrected chi connectivity index (χ4v) is 1.82. The largest absolute Gasteiger partial charge is 0.509 e. The minimum atomic E-state index is -1.91. The third-order valence-corrected chi connectivity index (χ3v) is 2.82. The highest BCUT2D eigenvalue weighted by Crippen LogP contribution is 2.32. The van der Waals surface area contributed by atoms with Gasteiger partial charge in [-0.05, 0) is 19.1 Å². The highest BCUT2D eigenvalue weighted by molar-refractivity contribution is 6.01. The van der Waals surface area contributed by atoms with Crippen LogP contribution in [0.2, 0.25) is 0 Å². The fraction of sp³-hybridized carbons (Fsp3) is 0.333. The van der Waals surface area contributed by atoms with E-state index in [4.69, 9.17) is 9.94 Å². The molecule has 0 bridgehead atoms. The van der Waals surface area contributed by atoms with E-state index in [0.717, 1.165) is 12.1 Å². The molecule has 0 aliphatic carbocycles. The average Bonchev–Trinajstić information content (AvgIpc) is 2.72. The molecule has 0 fully saturated rings. The Morgan fingerprint density at radius 2 is 2.05 bits per heavy atom. The molecule has 1 aliphatic heterocycles. The third-order valence-electron chi connectivity index (χ3n) is 2.82. The number of halogens is 2. The minimum Gasteiger partial charge on any atom is -0.450 e. The summed E-state index contributed by atoms with van der Waals surface area (Å²) in [7, 11) is 0. The lowest BCUT2D eigenvalue weighted by molar-refractivity contribution is -0.241. The van der Waals surface area contributed by atoms with Crippen LogP contribution in [0.3, 0.4) is 0 Å². The second kappa shape index (κ2) is 5.04. The number of ether oxygens (including phenoxy) is 1. The summed E-state index contributed by atoms with van der Waals surface area (Å²) in [4.78, 5) is 15.5. The Bertz CT molecular complexity index is 555. The van der Waals surface area contributed by atoms with Crippen LogP contribution in [0.4, 0.5) is 13.6 Å². The molecule has 2 atom stereocenters. The molecule has 0 saturated carbocycles. The summed E-state index contributed by atoms with van der Waals surface area (Å²) >= 11 is 0. The highest BCUT2D eigenvalue weighted by atomic mass is 19.1. The maximum Gasteiger partial charge on any atom is 0.509 e. The van der Waals surface area contributed by atoms with Crippen molar-refractivity contribution < 1.29 is 33.4 Å². The lowest BCUT2D eigenvalue weighted by Gasteiger charge is -2.27. The van der Waals surface area contributed by atoms with E-state index in [1.54, 1.807) is 0 Å². The van der Waals surface area contributed by atoms with Crippen molar-refractivity contribution in [3.8, 4) is 0 Å². The van der Waals surface area contributed by atoms with Crippen LogP contribution in [0, 0.1) is 11.6 Å². The van der Waals surface area contributed by atoms with E-state index in [-0.39, 0.29) is 17.7 Å². The number of hydrogen-bond donors (Lipinski definition) is 2. The molecule has 0 radical (unpaired) electrons. The van der Waals surface area contributed by atoms with Crippen LogP contribution in [0.5, 0.6) is 0 Å². The van der Waals surface area contributed by atoms with Gasteiger partial charge in [-0.1, -0.05) is 5.16 Å². The van der Waals surface area contributed by atoms with Crippen LogP contribution in [-0.2, 0) is 9.57 Å². The standard InChI is InChI=1S/C12H11F2NO5/c1-6(16)12(19-11(17)18)5-10(15-20-12)7-2-8(13)4-9(14)3-7/h2-4,6,16H,5H2,1H3,(H,17,18). The number of carboxylic acid groups (broad SMARTS) is 1. The van der Waals surface area contributed by atoms with Gasteiger partial charge in [0.1, 0.15) is 17.7 Å². The molecule has 1 aromatic carbocycles. The summed E-state index contributed by atoms with van der Waals surface area (Å²) in [5, 5.41) is 21.8. The van der Waals surface area contributed by atoms with Crippen molar-refractivity contribution in [2.45, 2.75) is 25.2 Å². The first-order valence-corrected chi connectivity index (χ1v) is 5.64. The van der Waals surface area contributed by atoms with E-state index in [9.17, 15) is 18.7 Å². The molecule has 1 aliphatic rings. The van der Waals surface area contributed by atoms with Gasteiger partial charge >= 0.3 is 11.9 Å². The summed E-state index contributed by atoms with van der Waals surface area (Å²) in [5.74, 6) is -3.53. The van der Waals surface area contributed by atoms with Gasteiger partial charge in [0, 0.05) is 11.6 Å². The predicted molar refractivity (Wildman–Crippen MR) is 62.1 cm³/mol. The molecule has 2 rings (SSSR count). The van der Waals surface area contributed by atoms with Crippen LogP contribution in [0.1, 0.15) is 18.9 Å². The van der Waals surface area contributed by atoms with Crippen molar-refractivity contribution in [3.05, 3.63) is 35.4 Å². The maximum atomic E-state index is 13.1. The molecule has 0 amide bonds. The normalized spacial score (nSPS) is 22.9. The summed E-state index contributed by atoms with van der Waals surface area (Å²) in [5.41, 5.74) is 0.157. The second-order valence-corrected chi connectivity index (χ2v) is 4.32. The first-order chi connectivity index (χ1) is 9.32.